The average molecular weight is 345 g/mol. The maximum Gasteiger partial charge on any atom is 0.281 e. The second kappa shape index (κ2) is 6.67. The van der Waals surface area contributed by atoms with E-state index in [0.29, 0.717) is 17.7 Å². The first-order valence-electron chi connectivity index (χ1n) is 9.04. The molecular formula is C18H23N3O2S. The van der Waals surface area contributed by atoms with E-state index in [-0.39, 0.29) is 11.5 Å². The van der Waals surface area contributed by atoms with Gasteiger partial charge >= 0.3 is 0 Å². The summed E-state index contributed by atoms with van der Waals surface area (Å²) in [5, 5.41) is 0.716. The van der Waals surface area contributed by atoms with E-state index >= 15 is 0 Å². The molecule has 128 valence electrons. The van der Waals surface area contributed by atoms with Crippen LogP contribution in [0.4, 0.5) is 0 Å². The van der Waals surface area contributed by atoms with Crippen molar-refractivity contribution in [2.24, 2.45) is 5.92 Å². The zero-order chi connectivity index (χ0) is 16.5. The zero-order valence-electron chi connectivity index (χ0n) is 13.8. The molecule has 0 aromatic carbocycles. The first-order chi connectivity index (χ1) is 11.7. The van der Waals surface area contributed by atoms with E-state index in [0.717, 1.165) is 36.1 Å². The van der Waals surface area contributed by atoms with Gasteiger partial charge in [-0.3, -0.25) is 15.0 Å². The lowest BCUT2D eigenvalue weighted by Gasteiger charge is -2.12. The van der Waals surface area contributed by atoms with Crippen LogP contribution >= 0.6 is 11.3 Å². The van der Waals surface area contributed by atoms with Crippen molar-refractivity contribution >= 4 is 27.5 Å². The highest BCUT2D eigenvalue weighted by Gasteiger charge is 2.21. The van der Waals surface area contributed by atoms with E-state index in [4.69, 9.17) is 0 Å². The third-order valence-corrected chi connectivity index (χ3v) is 6.58. The van der Waals surface area contributed by atoms with Crippen LogP contribution < -0.4 is 11.0 Å². The van der Waals surface area contributed by atoms with Crippen LogP contribution in [-0.4, -0.2) is 15.6 Å². The molecule has 5 nitrogen and oxygen atoms in total. The predicted molar refractivity (Wildman–Crippen MR) is 96.1 cm³/mol. The largest absolute Gasteiger partial charge is 0.281 e. The Labute approximate surface area is 145 Å². The molecule has 1 saturated carbocycles. The Hall–Kier alpha value is -1.69. The van der Waals surface area contributed by atoms with E-state index in [9.17, 15) is 9.59 Å². The van der Waals surface area contributed by atoms with Crippen LogP contribution in [0.15, 0.2) is 11.1 Å². The van der Waals surface area contributed by atoms with Gasteiger partial charge in [-0.1, -0.05) is 25.7 Å². The van der Waals surface area contributed by atoms with Crippen molar-refractivity contribution in [3.05, 3.63) is 27.1 Å². The highest BCUT2D eigenvalue weighted by molar-refractivity contribution is 7.18. The number of nitrogens with one attached hydrogen (secondary N) is 1. The lowest BCUT2D eigenvalue weighted by atomic mass is 9.97. The Morgan fingerprint density at radius 2 is 2.04 bits per heavy atom. The lowest BCUT2D eigenvalue weighted by molar-refractivity contribution is -0.117. The number of thiophene rings is 1. The van der Waals surface area contributed by atoms with Gasteiger partial charge in [0.2, 0.25) is 5.91 Å². The molecule has 0 bridgehead atoms. The summed E-state index contributed by atoms with van der Waals surface area (Å²) < 4.78 is 1.28. The molecule has 0 spiro atoms. The number of carbonyl (C=O) groups is 1. The van der Waals surface area contributed by atoms with Crippen LogP contribution in [0.25, 0.3) is 10.2 Å². The smallest absolute Gasteiger partial charge is 0.273 e. The number of carbonyl (C=O) groups excluding carboxylic acids is 1. The van der Waals surface area contributed by atoms with Gasteiger partial charge in [0.15, 0.2) is 0 Å². The third-order valence-electron chi connectivity index (χ3n) is 5.38. The fraction of sp³-hybridized carbons (Fsp3) is 0.611. The summed E-state index contributed by atoms with van der Waals surface area (Å²) >= 11 is 1.63. The Balaban J connectivity index is 1.52. The fourth-order valence-corrected chi connectivity index (χ4v) is 5.27. The minimum atomic E-state index is -0.131. The van der Waals surface area contributed by atoms with Crippen molar-refractivity contribution < 1.29 is 4.79 Å². The van der Waals surface area contributed by atoms with Crippen LogP contribution in [0, 0.1) is 5.92 Å². The maximum atomic E-state index is 12.8. The van der Waals surface area contributed by atoms with E-state index in [1.54, 1.807) is 11.3 Å². The predicted octanol–water partition coefficient (Wildman–Crippen LogP) is 3.38. The van der Waals surface area contributed by atoms with Crippen molar-refractivity contribution in [1.29, 1.82) is 0 Å². The van der Waals surface area contributed by atoms with Crippen molar-refractivity contribution in [3.8, 4) is 0 Å². The molecule has 0 radical (unpaired) electrons. The second-order valence-corrected chi connectivity index (χ2v) is 8.12. The van der Waals surface area contributed by atoms with Gasteiger partial charge in [0.25, 0.3) is 5.56 Å². The average Bonchev–Trinajstić information content (AvgIpc) is 3.22. The molecule has 2 aromatic heterocycles. The molecule has 2 aliphatic carbocycles. The van der Waals surface area contributed by atoms with Crippen LogP contribution in [0.1, 0.15) is 61.8 Å². The summed E-state index contributed by atoms with van der Waals surface area (Å²) in [6.07, 6.45) is 12.2. The van der Waals surface area contributed by atoms with Gasteiger partial charge in [-0.05, 0) is 43.6 Å². The van der Waals surface area contributed by atoms with Gasteiger partial charge in [0.1, 0.15) is 11.2 Å². The van der Waals surface area contributed by atoms with E-state index in [2.05, 4.69) is 10.4 Å². The van der Waals surface area contributed by atoms with Crippen LogP contribution in [0.2, 0.25) is 0 Å². The number of rotatable bonds is 4. The molecule has 0 aliphatic heterocycles. The summed E-state index contributed by atoms with van der Waals surface area (Å²) in [5.74, 6) is 0.589. The van der Waals surface area contributed by atoms with Crippen molar-refractivity contribution in [1.82, 2.24) is 9.66 Å². The molecule has 6 heteroatoms. The molecular weight excluding hydrogens is 322 g/mol. The maximum absolute atomic E-state index is 12.8. The number of fused-ring (bicyclic) bond motifs is 3. The number of aryl methyl sites for hydroxylation is 2. The lowest BCUT2D eigenvalue weighted by Crippen LogP contribution is -2.33. The quantitative estimate of drug-likeness (QED) is 0.924. The number of hydrogen-bond acceptors (Lipinski definition) is 4. The normalized spacial score (nSPS) is 18.0. The monoisotopic (exact) mass is 345 g/mol. The van der Waals surface area contributed by atoms with Gasteiger partial charge < -0.3 is 0 Å². The third kappa shape index (κ3) is 2.99. The van der Waals surface area contributed by atoms with Crippen molar-refractivity contribution in [3.63, 3.8) is 0 Å². The summed E-state index contributed by atoms with van der Waals surface area (Å²) in [6, 6.07) is 0. The second-order valence-electron chi connectivity index (χ2n) is 7.03. The molecule has 2 aliphatic rings. The molecule has 1 fully saturated rings. The van der Waals surface area contributed by atoms with Gasteiger partial charge in [-0.15, -0.1) is 11.3 Å². The molecule has 2 aromatic rings. The molecule has 0 unspecified atom stereocenters. The van der Waals surface area contributed by atoms with E-state index in [1.165, 1.54) is 48.0 Å². The Morgan fingerprint density at radius 1 is 1.25 bits per heavy atom. The number of aromatic nitrogens is 2. The van der Waals surface area contributed by atoms with Gasteiger partial charge in [-0.2, -0.15) is 0 Å². The summed E-state index contributed by atoms with van der Waals surface area (Å²) in [6.45, 7) is 0. The van der Waals surface area contributed by atoms with E-state index < -0.39 is 0 Å². The minimum absolute atomic E-state index is 0.0887. The topological polar surface area (TPSA) is 64.0 Å². The highest BCUT2D eigenvalue weighted by atomic mass is 32.1. The first kappa shape index (κ1) is 15.8. The van der Waals surface area contributed by atoms with E-state index in [1.807, 2.05) is 0 Å². The van der Waals surface area contributed by atoms with Crippen LogP contribution in [0.3, 0.4) is 0 Å². The Bertz CT molecular complexity index is 818. The number of amides is 1. The molecule has 0 atom stereocenters. The van der Waals surface area contributed by atoms with Crippen molar-refractivity contribution in [2.75, 3.05) is 5.43 Å². The van der Waals surface area contributed by atoms with Crippen LogP contribution in [-0.2, 0) is 17.6 Å². The molecule has 1 amide bonds. The minimum Gasteiger partial charge on any atom is -0.273 e. The first-order valence-corrected chi connectivity index (χ1v) is 9.86. The van der Waals surface area contributed by atoms with Crippen molar-refractivity contribution in [2.45, 2.75) is 64.2 Å². The number of hydrogen-bond donors (Lipinski definition) is 1. The molecule has 1 N–H and O–H groups in total. The van der Waals surface area contributed by atoms with Crippen LogP contribution in [0.5, 0.6) is 0 Å². The van der Waals surface area contributed by atoms with Gasteiger partial charge in [0, 0.05) is 11.3 Å². The molecule has 2 heterocycles. The standard InChI is InChI=1S/C18H23N3O2S/c22-15(10-9-12-5-1-2-6-12)20-21-11-19-17-16(18(21)23)13-7-3-4-8-14(13)24-17/h11-12H,1-10H2,(H,20,22). The Kier molecular flexibility index (Phi) is 4.39. The summed E-state index contributed by atoms with van der Waals surface area (Å²) in [7, 11) is 0. The number of nitrogens with zero attached hydrogens (tertiary/aromatic N) is 2. The highest BCUT2D eigenvalue weighted by Crippen LogP contribution is 2.33. The van der Waals surface area contributed by atoms with Gasteiger partial charge in [-0.25, -0.2) is 9.66 Å². The summed E-state index contributed by atoms with van der Waals surface area (Å²) in [4.78, 5) is 31.5. The van der Waals surface area contributed by atoms with Gasteiger partial charge in [0.05, 0.1) is 5.39 Å². The summed E-state index contributed by atoms with van der Waals surface area (Å²) in [5.41, 5.74) is 3.76. The molecule has 0 saturated heterocycles. The molecule has 24 heavy (non-hydrogen) atoms. The SMILES string of the molecule is O=C(CCC1CCCC1)Nn1cnc2sc3c(c2c1=O)CCCC3. The molecule has 4 rings (SSSR count). The Morgan fingerprint density at radius 3 is 2.88 bits per heavy atom. The zero-order valence-corrected chi connectivity index (χ0v) is 14.7. The fourth-order valence-electron chi connectivity index (χ4n) is 4.05.